The van der Waals surface area contributed by atoms with Crippen LogP contribution in [0.2, 0.25) is 0 Å². The number of benzene rings is 1. The van der Waals surface area contributed by atoms with Crippen LogP contribution in [0.4, 0.5) is 0 Å². The first-order chi connectivity index (χ1) is 8.61. The SMILES string of the molecule is CCC(Cc1cc2c(cc1C)OCCO2)C(=O)O. The number of aliphatic carboxylic acids is 1. The highest BCUT2D eigenvalue weighted by molar-refractivity contribution is 5.70. The van der Waals surface area contributed by atoms with Crippen molar-refractivity contribution in [2.24, 2.45) is 5.92 Å². The van der Waals surface area contributed by atoms with Crippen LogP contribution in [0.15, 0.2) is 12.1 Å². The van der Waals surface area contributed by atoms with Crippen molar-refractivity contribution in [1.82, 2.24) is 0 Å². The lowest BCUT2D eigenvalue weighted by molar-refractivity contribution is -0.141. The van der Waals surface area contributed by atoms with Gasteiger partial charge in [-0.05, 0) is 43.0 Å². The number of rotatable bonds is 4. The fourth-order valence-electron chi connectivity index (χ4n) is 2.12. The molecule has 0 spiro atoms. The van der Waals surface area contributed by atoms with Gasteiger partial charge < -0.3 is 14.6 Å². The summed E-state index contributed by atoms with van der Waals surface area (Å²) < 4.78 is 11.0. The van der Waals surface area contributed by atoms with Crippen molar-refractivity contribution >= 4 is 5.97 Å². The van der Waals surface area contributed by atoms with Crippen LogP contribution in [0.25, 0.3) is 0 Å². The summed E-state index contributed by atoms with van der Waals surface area (Å²) in [5.74, 6) is 0.394. The maximum Gasteiger partial charge on any atom is 0.306 e. The van der Waals surface area contributed by atoms with Crippen molar-refractivity contribution < 1.29 is 19.4 Å². The highest BCUT2D eigenvalue weighted by Crippen LogP contribution is 2.34. The van der Waals surface area contributed by atoms with Crippen molar-refractivity contribution in [2.45, 2.75) is 26.7 Å². The Hall–Kier alpha value is -1.71. The minimum absolute atomic E-state index is 0.341. The smallest absolute Gasteiger partial charge is 0.306 e. The molecule has 4 heteroatoms. The predicted octanol–water partition coefficient (Wildman–Crippen LogP) is 2.42. The lowest BCUT2D eigenvalue weighted by atomic mass is 9.94. The Morgan fingerprint density at radius 1 is 1.33 bits per heavy atom. The summed E-state index contributed by atoms with van der Waals surface area (Å²) in [6.45, 7) is 4.98. The predicted molar refractivity (Wildman–Crippen MR) is 67.3 cm³/mol. The molecule has 0 radical (unpaired) electrons. The van der Waals surface area contributed by atoms with E-state index in [0.29, 0.717) is 26.1 Å². The maximum atomic E-state index is 11.1. The average Bonchev–Trinajstić information content (AvgIpc) is 2.35. The number of carboxylic acid groups (broad SMARTS) is 1. The summed E-state index contributed by atoms with van der Waals surface area (Å²) >= 11 is 0. The molecule has 1 heterocycles. The maximum absolute atomic E-state index is 11.1. The third-order valence-corrected chi connectivity index (χ3v) is 3.31. The van der Waals surface area contributed by atoms with Gasteiger partial charge in [0.1, 0.15) is 13.2 Å². The summed E-state index contributed by atoms with van der Waals surface area (Å²) in [6, 6.07) is 3.84. The Kier molecular flexibility index (Phi) is 3.75. The first-order valence-corrected chi connectivity index (χ1v) is 6.23. The van der Waals surface area contributed by atoms with Crippen molar-refractivity contribution in [3.05, 3.63) is 23.3 Å². The zero-order chi connectivity index (χ0) is 13.1. The minimum atomic E-state index is -0.744. The highest BCUT2D eigenvalue weighted by atomic mass is 16.6. The summed E-state index contributed by atoms with van der Waals surface area (Å²) in [7, 11) is 0. The average molecular weight is 250 g/mol. The number of fused-ring (bicyclic) bond motifs is 1. The molecule has 1 aliphatic rings. The van der Waals surface area contributed by atoms with Gasteiger partial charge in [-0.25, -0.2) is 0 Å². The van der Waals surface area contributed by atoms with E-state index in [-0.39, 0.29) is 5.92 Å². The van der Waals surface area contributed by atoms with Crippen LogP contribution in [-0.4, -0.2) is 24.3 Å². The molecule has 1 atom stereocenters. The van der Waals surface area contributed by atoms with E-state index < -0.39 is 5.97 Å². The van der Waals surface area contributed by atoms with E-state index in [4.69, 9.17) is 14.6 Å². The van der Waals surface area contributed by atoms with Crippen molar-refractivity contribution in [3.8, 4) is 11.5 Å². The van der Waals surface area contributed by atoms with Crippen molar-refractivity contribution in [3.63, 3.8) is 0 Å². The van der Waals surface area contributed by atoms with Crippen LogP contribution < -0.4 is 9.47 Å². The topological polar surface area (TPSA) is 55.8 Å². The molecule has 0 bridgehead atoms. The molecule has 2 rings (SSSR count). The number of hydrogen-bond donors (Lipinski definition) is 1. The summed E-state index contributed by atoms with van der Waals surface area (Å²) in [5.41, 5.74) is 2.08. The third kappa shape index (κ3) is 2.58. The molecule has 0 amide bonds. The minimum Gasteiger partial charge on any atom is -0.486 e. The Labute approximate surface area is 107 Å². The molecule has 1 unspecified atom stereocenters. The largest absolute Gasteiger partial charge is 0.486 e. The molecule has 0 aromatic heterocycles. The van der Waals surface area contributed by atoms with Gasteiger partial charge in [-0.3, -0.25) is 4.79 Å². The van der Waals surface area contributed by atoms with Gasteiger partial charge in [0.2, 0.25) is 0 Å². The molecule has 0 aliphatic carbocycles. The molecule has 1 aliphatic heterocycles. The second kappa shape index (κ2) is 5.29. The molecule has 98 valence electrons. The van der Waals surface area contributed by atoms with Crippen molar-refractivity contribution in [2.75, 3.05) is 13.2 Å². The Balaban J connectivity index is 2.25. The Morgan fingerprint density at radius 3 is 2.50 bits per heavy atom. The second-order valence-corrected chi connectivity index (χ2v) is 4.57. The molecular formula is C14H18O4. The van der Waals surface area contributed by atoms with Crippen LogP contribution >= 0.6 is 0 Å². The van der Waals surface area contributed by atoms with Gasteiger partial charge in [0, 0.05) is 0 Å². The van der Waals surface area contributed by atoms with E-state index in [2.05, 4.69) is 0 Å². The normalized spacial score (nSPS) is 15.2. The van der Waals surface area contributed by atoms with Crippen LogP contribution in [0, 0.1) is 12.8 Å². The number of carboxylic acids is 1. The Morgan fingerprint density at radius 2 is 1.94 bits per heavy atom. The van der Waals surface area contributed by atoms with Gasteiger partial charge in [-0.2, -0.15) is 0 Å². The molecular weight excluding hydrogens is 232 g/mol. The molecule has 18 heavy (non-hydrogen) atoms. The number of aryl methyl sites for hydroxylation is 1. The molecule has 0 fully saturated rings. The molecule has 4 nitrogen and oxygen atoms in total. The zero-order valence-electron chi connectivity index (χ0n) is 10.7. The van der Waals surface area contributed by atoms with E-state index in [0.717, 1.165) is 22.6 Å². The van der Waals surface area contributed by atoms with Gasteiger partial charge in [-0.15, -0.1) is 0 Å². The fourth-order valence-corrected chi connectivity index (χ4v) is 2.12. The summed E-state index contributed by atoms with van der Waals surface area (Å²) in [5, 5.41) is 9.11. The van der Waals surface area contributed by atoms with E-state index in [1.54, 1.807) is 0 Å². The van der Waals surface area contributed by atoms with Gasteiger partial charge in [0.05, 0.1) is 5.92 Å². The monoisotopic (exact) mass is 250 g/mol. The number of ether oxygens (including phenoxy) is 2. The molecule has 0 saturated carbocycles. The lowest BCUT2D eigenvalue weighted by Gasteiger charge is -2.21. The zero-order valence-corrected chi connectivity index (χ0v) is 10.7. The first-order valence-electron chi connectivity index (χ1n) is 6.23. The van der Waals surface area contributed by atoms with Crippen LogP contribution in [-0.2, 0) is 11.2 Å². The third-order valence-electron chi connectivity index (χ3n) is 3.31. The number of carbonyl (C=O) groups is 1. The summed E-state index contributed by atoms with van der Waals surface area (Å²) in [6.07, 6.45) is 1.16. The van der Waals surface area contributed by atoms with Gasteiger partial charge in [0.25, 0.3) is 0 Å². The molecule has 1 aromatic carbocycles. The Bertz CT molecular complexity index is 453. The molecule has 1 aromatic rings. The van der Waals surface area contributed by atoms with E-state index >= 15 is 0 Å². The fraction of sp³-hybridized carbons (Fsp3) is 0.500. The van der Waals surface area contributed by atoms with Crippen molar-refractivity contribution in [1.29, 1.82) is 0 Å². The molecule has 0 saturated heterocycles. The van der Waals surface area contributed by atoms with E-state index in [1.165, 1.54) is 0 Å². The van der Waals surface area contributed by atoms with E-state index in [1.807, 2.05) is 26.0 Å². The van der Waals surface area contributed by atoms with Crippen LogP contribution in [0.1, 0.15) is 24.5 Å². The molecule has 1 N–H and O–H groups in total. The van der Waals surface area contributed by atoms with E-state index in [9.17, 15) is 4.79 Å². The standard InChI is InChI=1S/C14H18O4/c1-3-10(14(15)16)7-11-8-13-12(6-9(11)2)17-4-5-18-13/h6,8,10H,3-5,7H2,1-2H3,(H,15,16). The first kappa shape index (κ1) is 12.7. The summed E-state index contributed by atoms with van der Waals surface area (Å²) in [4.78, 5) is 11.1. The van der Waals surface area contributed by atoms with Crippen LogP contribution in [0.5, 0.6) is 11.5 Å². The number of hydrogen-bond acceptors (Lipinski definition) is 3. The van der Waals surface area contributed by atoms with Crippen LogP contribution in [0.3, 0.4) is 0 Å². The lowest BCUT2D eigenvalue weighted by Crippen LogP contribution is -2.18. The van der Waals surface area contributed by atoms with Gasteiger partial charge >= 0.3 is 5.97 Å². The van der Waals surface area contributed by atoms with Gasteiger partial charge in [0.15, 0.2) is 11.5 Å². The second-order valence-electron chi connectivity index (χ2n) is 4.57. The van der Waals surface area contributed by atoms with Gasteiger partial charge in [-0.1, -0.05) is 6.92 Å². The quantitative estimate of drug-likeness (QED) is 0.891. The highest BCUT2D eigenvalue weighted by Gasteiger charge is 2.19.